The smallest absolute Gasteiger partial charge is 0.243 e. The molecule has 0 aromatic heterocycles. The molecule has 120 valence electrons. The van der Waals surface area contributed by atoms with Gasteiger partial charge in [0.05, 0.1) is 0 Å². The van der Waals surface area contributed by atoms with E-state index >= 15 is 0 Å². The lowest BCUT2D eigenvalue weighted by Crippen LogP contribution is -2.48. The third kappa shape index (κ3) is 5.95. The van der Waals surface area contributed by atoms with Crippen molar-refractivity contribution in [1.29, 1.82) is 0 Å². The molecule has 0 heterocycles. The maximum atomic E-state index is 12.1. The summed E-state index contributed by atoms with van der Waals surface area (Å²) in [4.78, 5) is 34.2. The lowest BCUT2D eigenvalue weighted by molar-refractivity contribution is -0.129. The third-order valence-corrected chi connectivity index (χ3v) is 3.05. The fourth-order valence-corrected chi connectivity index (χ4v) is 1.96. The van der Waals surface area contributed by atoms with Crippen molar-refractivity contribution in [2.45, 2.75) is 40.3 Å². The van der Waals surface area contributed by atoms with Gasteiger partial charge in [-0.15, -0.1) is 0 Å². The van der Waals surface area contributed by atoms with Crippen molar-refractivity contribution in [2.24, 2.45) is 5.92 Å². The second-order valence-electron chi connectivity index (χ2n) is 5.52. The van der Waals surface area contributed by atoms with Crippen LogP contribution in [0.2, 0.25) is 0 Å². The average molecular weight is 305 g/mol. The molecule has 22 heavy (non-hydrogen) atoms. The summed E-state index contributed by atoms with van der Waals surface area (Å²) in [5, 5.41) is 8.13. The zero-order valence-corrected chi connectivity index (χ0v) is 13.4. The van der Waals surface area contributed by atoms with Crippen molar-refractivity contribution in [2.75, 3.05) is 5.32 Å². The van der Waals surface area contributed by atoms with E-state index < -0.39 is 6.04 Å². The minimum atomic E-state index is -0.545. The van der Waals surface area contributed by atoms with Crippen LogP contribution in [-0.4, -0.2) is 23.8 Å². The predicted molar refractivity (Wildman–Crippen MR) is 85.0 cm³/mol. The Labute approximate surface area is 130 Å². The van der Waals surface area contributed by atoms with E-state index in [1.807, 2.05) is 26.0 Å². The van der Waals surface area contributed by atoms with Crippen LogP contribution in [0.1, 0.15) is 33.3 Å². The Kier molecular flexibility index (Phi) is 6.56. The predicted octanol–water partition coefficient (Wildman–Crippen LogP) is 1.42. The number of carbonyl (C=O) groups excluding carboxylic acids is 3. The Morgan fingerprint density at radius 3 is 2.05 bits per heavy atom. The summed E-state index contributed by atoms with van der Waals surface area (Å²) in [6, 6.07) is 6.66. The van der Waals surface area contributed by atoms with Gasteiger partial charge in [0.25, 0.3) is 0 Å². The van der Waals surface area contributed by atoms with E-state index in [-0.39, 0.29) is 23.6 Å². The summed E-state index contributed by atoms with van der Waals surface area (Å²) in [5.74, 6) is -0.563. The maximum absolute atomic E-state index is 12.1. The highest BCUT2D eigenvalue weighted by molar-refractivity contribution is 5.88. The van der Waals surface area contributed by atoms with Crippen LogP contribution in [0, 0.1) is 5.92 Å². The summed E-state index contributed by atoms with van der Waals surface area (Å²) in [6.07, 6.45) is 0. The molecule has 1 aromatic rings. The molecule has 0 aliphatic heterocycles. The summed E-state index contributed by atoms with van der Waals surface area (Å²) in [5.41, 5.74) is 1.62. The molecule has 0 saturated heterocycles. The minimum absolute atomic E-state index is 0.00559. The number of amides is 3. The second-order valence-corrected chi connectivity index (χ2v) is 5.52. The molecule has 0 aliphatic carbocycles. The van der Waals surface area contributed by atoms with Gasteiger partial charge in [-0.05, 0) is 23.6 Å². The van der Waals surface area contributed by atoms with Crippen molar-refractivity contribution in [3.05, 3.63) is 29.8 Å². The molecular weight excluding hydrogens is 282 g/mol. The van der Waals surface area contributed by atoms with Gasteiger partial charge in [-0.2, -0.15) is 0 Å². The van der Waals surface area contributed by atoms with Crippen LogP contribution < -0.4 is 16.0 Å². The number of hydrogen-bond donors (Lipinski definition) is 3. The van der Waals surface area contributed by atoms with Gasteiger partial charge in [-0.1, -0.05) is 26.0 Å². The molecule has 0 fully saturated rings. The molecule has 0 aliphatic rings. The molecule has 6 nitrogen and oxygen atoms in total. The van der Waals surface area contributed by atoms with Gasteiger partial charge in [0.15, 0.2) is 0 Å². The molecule has 1 atom stereocenters. The number of hydrogen-bond acceptors (Lipinski definition) is 3. The first-order valence-corrected chi connectivity index (χ1v) is 7.21. The third-order valence-electron chi connectivity index (χ3n) is 3.05. The van der Waals surface area contributed by atoms with E-state index in [0.717, 1.165) is 5.56 Å². The number of carbonyl (C=O) groups is 3. The van der Waals surface area contributed by atoms with Gasteiger partial charge in [-0.25, -0.2) is 0 Å². The maximum Gasteiger partial charge on any atom is 0.243 e. The van der Waals surface area contributed by atoms with Crippen molar-refractivity contribution < 1.29 is 14.4 Å². The fraction of sp³-hybridized carbons (Fsp3) is 0.438. The van der Waals surface area contributed by atoms with E-state index in [1.54, 1.807) is 12.1 Å². The first kappa shape index (κ1) is 17.7. The highest BCUT2D eigenvalue weighted by atomic mass is 16.2. The number of benzene rings is 1. The Morgan fingerprint density at radius 1 is 1.00 bits per heavy atom. The van der Waals surface area contributed by atoms with Gasteiger partial charge < -0.3 is 16.0 Å². The van der Waals surface area contributed by atoms with E-state index in [4.69, 9.17) is 0 Å². The minimum Gasteiger partial charge on any atom is -0.350 e. The topological polar surface area (TPSA) is 87.3 Å². The van der Waals surface area contributed by atoms with Crippen LogP contribution in [0.4, 0.5) is 5.69 Å². The molecule has 1 rings (SSSR count). The summed E-state index contributed by atoms with van der Waals surface area (Å²) >= 11 is 0. The first-order chi connectivity index (χ1) is 10.3. The molecular formula is C16H23N3O3. The molecule has 0 saturated carbocycles. The lowest BCUT2D eigenvalue weighted by Gasteiger charge is -2.21. The van der Waals surface area contributed by atoms with E-state index in [2.05, 4.69) is 16.0 Å². The molecule has 6 heteroatoms. The second kappa shape index (κ2) is 8.17. The lowest BCUT2D eigenvalue weighted by atomic mass is 10.0. The van der Waals surface area contributed by atoms with Gasteiger partial charge in [0.1, 0.15) is 6.04 Å². The van der Waals surface area contributed by atoms with E-state index in [1.165, 1.54) is 13.8 Å². The van der Waals surface area contributed by atoms with Crippen LogP contribution in [0.5, 0.6) is 0 Å². The zero-order valence-electron chi connectivity index (χ0n) is 13.4. The zero-order chi connectivity index (χ0) is 16.7. The van der Waals surface area contributed by atoms with Crippen LogP contribution in [-0.2, 0) is 20.9 Å². The molecule has 0 radical (unpaired) electrons. The van der Waals surface area contributed by atoms with Crippen molar-refractivity contribution in [3.63, 3.8) is 0 Å². The van der Waals surface area contributed by atoms with Crippen LogP contribution in [0.15, 0.2) is 24.3 Å². The normalized spacial score (nSPS) is 11.7. The Balaban J connectivity index is 2.58. The Bertz CT molecular complexity index is 538. The monoisotopic (exact) mass is 305 g/mol. The van der Waals surface area contributed by atoms with Crippen LogP contribution >= 0.6 is 0 Å². The largest absolute Gasteiger partial charge is 0.350 e. The first-order valence-electron chi connectivity index (χ1n) is 7.21. The fourth-order valence-electron chi connectivity index (χ4n) is 1.96. The van der Waals surface area contributed by atoms with Crippen molar-refractivity contribution in [1.82, 2.24) is 10.6 Å². The SMILES string of the molecule is CC(=O)Nc1ccc(CNC(=O)[C@H](NC(C)=O)C(C)C)cc1. The molecule has 0 unspecified atom stereocenters. The highest BCUT2D eigenvalue weighted by Gasteiger charge is 2.22. The molecule has 0 spiro atoms. The standard InChI is InChI=1S/C16H23N3O3/c1-10(2)15(19-12(4)21)16(22)17-9-13-5-7-14(8-6-13)18-11(3)20/h5-8,10,15H,9H2,1-4H3,(H,17,22)(H,18,20)(H,19,21)/t15-/m1/s1. The van der Waals surface area contributed by atoms with Crippen molar-refractivity contribution >= 4 is 23.4 Å². The van der Waals surface area contributed by atoms with Gasteiger partial charge in [0.2, 0.25) is 17.7 Å². The number of anilines is 1. The average Bonchev–Trinajstić information content (AvgIpc) is 2.42. The van der Waals surface area contributed by atoms with Gasteiger partial charge in [-0.3, -0.25) is 14.4 Å². The number of nitrogens with one attached hydrogen (secondary N) is 3. The quantitative estimate of drug-likeness (QED) is 0.743. The van der Waals surface area contributed by atoms with E-state index in [9.17, 15) is 14.4 Å². The molecule has 3 N–H and O–H groups in total. The van der Waals surface area contributed by atoms with Gasteiger partial charge >= 0.3 is 0 Å². The Morgan fingerprint density at radius 2 is 1.59 bits per heavy atom. The molecule has 1 aromatic carbocycles. The Hall–Kier alpha value is -2.37. The summed E-state index contributed by atoms with van der Waals surface area (Å²) in [6.45, 7) is 6.96. The summed E-state index contributed by atoms with van der Waals surface area (Å²) < 4.78 is 0. The summed E-state index contributed by atoms with van der Waals surface area (Å²) in [7, 11) is 0. The molecule has 0 bridgehead atoms. The molecule has 3 amide bonds. The highest BCUT2D eigenvalue weighted by Crippen LogP contribution is 2.09. The van der Waals surface area contributed by atoms with Gasteiger partial charge in [0, 0.05) is 26.1 Å². The van der Waals surface area contributed by atoms with Crippen LogP contribution in [0.25, 0.3) is 0 Å². The van der Waals surface area contributed by atoms with Crippen molar-refractivity contribution in [3.8, 4) is 0 Å². The van der Waals surface area contributed by atoms with Crippen LogP contribution in [0.3, 0.4) is 0 Å². The number of rotatable bonds is 6. The van der Waals surface area contributed by atoms with E-state index in [0.29, 0.717) is 12.2 Å².